The molecule has 1 saturated carbocycles. The average molecular weight is 431 g/mol. The topological polar surface area (TPSA) is 76.4 Å². The maximum Gasteiger partial charge on any atom is 0.235 e. The van der Waals surface area contributed by atoms with E-state index in [-0.39, 0.29) is 24.4 Å². The number of aliphatic hydroxyl groups is 1. The van der Waals surface area contributed by atoms with E-state index in [4.69, 9.17) is 16.3 Å². The van der Waals surface area contributed by atoms with E-state index in [1.807, 2.05) is 23.0 Å². The number of rotatable bonds is 5. The Morgan fingerprint density at radius 1 is 1.52 bits per heavy atom. The molecule has 0 atom stereocenters. The summed E-state index contributed by atoms with van der Waals surface area (Å²) in [4.78, 5) is 11.6. The number of nitrogens with one attached hydrogen (secondary N) is 1. The fourth-order valence-corrected chi connectivity index (χ4v) is 4.05. The van der Waals surface area contributed by atoms with E-state index in [0.717, 1.165) is 34.0 Å². The van der Waals surface area contributed by atoms with Crippen molar-refractivity contribution in [1.82, 2.24) is 15.1 Å². The van der Waals surface area contributed by atoms with Crippen molar-refractivity contribution < 1.29 is 14.6 Å². The Kier molecular flexibility index (Phi) is 5.55. The van der Waals surface area contributed by atoms with Crippen molar-refractivity contribution in [3.05, 3.63) is 22.8 Å². The van der Waals surface area contributed by atoms with Gasteiger partial charge in [-0.15, -0.1) is 11.6 Å². The molecule has 2 N–H and O–H groups in total. The van der Waals surface area contributed by atoms with Crippen LogP contribution in [0.1, 0.15) is 31.7 Å². The number of nitrogens with zero attached hydrogens (tertiary/aromatic N) is 2. The number of halogens is 2. The third-order valence-electron chi connectivity index (χ3n) is 4.91. The molecule has 1 heterocycles. The molecule has 0 spiro atoms. The van der Waals surface area contributed by atoms with Crippen LogP contribution in [-0.2, 0) is 4.79 Å². The number of alkyl halides is 1. The summed E-state index contributed by atoms with van der Waals surface area (Å²) in [6.45, 7) is -0.0758. The quantitative estimate of drug-likeness (QED) is 0.715. The predicted octanol–water partition coefficient (Wildman–Crippen LogP) is 3.01. The Bertz CT molecular complexity index is 772. The molecule has 1 amide bonds. The minimum atomic E-state index is -0.568. The number of carbonyl (C=O) groups excluding carboxylic acids is 1. The van der Waals surface area contributed by atoms with Gasteiger partial charge in [-0.05, 0) is 47.7 Å². The van der Waals surface area contributed by atoms with Crippen molar-refractivity contribution >= 4 is 44.3 Å². The van der Waals surface area contributed by atoms with E-state index in [2.05, 4.69) is 26.3 Å². The molecule has 0 saturated heterocycles. The van der Waals surface area contributed by atoms with Crippen LogP contribution in [-0.4, -0.2) is 45.9 Å². The standard InChI is InChI=1S/C17H21BrClN3O3/c1-25-15-7-14-11(6-13(15)18)9-22(21-14)12-2-4-17(10-23,5-3-12)20-16(24)8-19/h6-7,9,12,23H,2-5,8,10H2,1H3,(H,20,24). The van der Waals surface area contributed by atoms with Gasteiger partial charge >= 0.3 is 0 Å². The van der Waals surface area contributed by atoms with Crippen molar-refractivity contribution in [1.29, 1.82) is 0 Å². The zero-order chi connectivity index (χ0) is 18.0. The largest absolute Gasteiger partial charge is 0.495 e. The van der Waals surface area contributed by atoms with Gasteiger partial charge in [0.05, 0.1) is 35.3 Å². The second-order valence-corrected chi connectivity index (χ2v) is 7.63. The molecule has 0 radical (unpaired) electrons. The third-order valence-corrected chi connectivity index (χ3v) is 5.77. The normalized spacial score (nSPS) is 23.6. The molecule has 0 unspecified atom stereocenters. The fourth-order valence-electron chi connectivity index (χ4n) is 3.46. The molecule has 1 aromatic heterocycles. The highest BCUT2D eigenvalue weighted by Gasteiger charge is 2.36. The summed E-state index contributed by atoms with van der Waals surface area (Å²) in [5.74, 6) is 0.423. The number of methoxy groups -OCH3 is 1. The summed E-state index contributed by atoms with van der Waals surface area (Å²) in [6, 6.07) is 4.15. The predicted molar refractivity (Wildman–Crippen MR) is 100 cm³/mol. The van der Waals surface area contributed by atoms with E-state index in [0.29, 0.717) is 12.8 Å². The number of fused-ring (bicyclic) bond motifs is 1. The molecule has 2 aromatic rings. The SMILES string of the molecule is COc1cc2nn(C3CCC(CO)(NC(=O)CCl)CC3)cc2cc1Br. The first-order chi connectivity index (χ1) is 12.0. The van der Waals surface area contributed by atoms with Crippen molar-refractivity contribution in [2.75, 3.05) is 19.6 Å². The van der Waals surface area contributed by atoms with Crippen LogP contribution in [0.5, 0.6) is 5.75 Å². The van der Waals surface area contributed by atoms with Crippen LogP contribution in [0.4, 0.5) is 0 Å². The summed E-state index contributed by atoms with van der Waals surface area (Å²) in [5.41, 5.74) is 0.316. The number of aliphatic hydroxyl groups excluding tert-OH is 1. The molecule has 25 heavy (non-hydrogen) atoms. The first-order valence-electron chi connectivity index (χ1n) is 8.20. The number of carbonyl (C=O) groups is 1. The van der Waals surface area contributed by atoms with Crippen LogP contribution in [0.3, 0.4) is 0 Å². The molecule has 1 aliphatic rings. The second-order valence-electron chi connectivity index (χ2n) is 6.51. The average Bonchev–Trinajstić information content (AvgIpc) is 3.03. The third kappa shape index (κ3) is 3.78. The van der Waals surface area contributed by atoms with Crippen molar-refractivity contribution in [3.8, 4) is 5.75 Å². The van der Waals surface area contributed by atoms with Gasteiger partial charge in [0.25, 0.3) is 0 Å². The summed E-state index contributed by atoms with van der Waals surface area (Å²) in [6.07, 6.45) is 5.08. The van der Waals surface area contributed by atoms with Gasteiger partial charge in [-0.3, -0.25) is 9.48 Å². The Morgan fingerprint density at radius 3 is 2.84 bits per heavy atom. The molecule has 1 aliphatic carbocycles. The van der Waals surface area contributed by atoms with Crippen LogP contribution in [0.25, 0.3) is 10.9 Å². The van der Waals surface area contributed by atoms with E-state index in [1.54, 1.807) is 7.11 Å². The van der Waals surface area contributed by atoms with Gasteiger partial charge in [0, 0.05) is 17.6 Å². The first-order valence-corrected chi connectivity index (χ1v) is 9.53. The molecule has 3 rings (SSSR count). The van der Waals surface area contributed by atoms with Crippen LogP contribution < -0.4 is 10.1 Å². The lowest BCUT2D eigenvalue weighted by Gasteiger charge is -2.39. The number of ether oxygens (including phenoxy) is 1. The highest BCUT2D eigenvalue weighted by molar-refractivity contribution is 9.10. The molecule has 6 nitrogen and oxygen atoms in total. The van der Waals surface area contributed by atoms with E-state index in [9.17, 15) is 9.90 Å². The number of benzene rings is 1. The van der Waals surface area contributed by atoms with E-state index >= 15 is 0 Å². The molecule has 136 valence electrons. The van der Waals surface area contributed by atoms with Crippen molar-refractivity contribution in [3.63, 3.8) is 0 Å². The van der Waals surface area contributed by atoms with Crippen LogP contribution in [0.2, 0.25) is 0 Å². The first kappa shape index (κ1) is 18.5. The highest BCUT2D eigenvalue weighted by Crippen LogP contribution is 2.36. The van der Waals surface area contributed by atoms with Crippen LogP contribution >= 0.6 is 27.5 Å². The number of amides is 1. The number of hydrogen-bond donors (Lipinski definition) is 2. The maximum atomic E-state index is 11.6. The van der Waals surface area contributed by atoms with Crippen molar-refractivity contribution in [2.24, 2.45) is 0 Å². The summed E-state index contributed by atoms with van der Waals surface area (Å²) in [5, 5.41) is 18.4. The lowest BCUT2D eigenvalue weighted by atomic mass is 9.80. The molecule has 0 bridgehead atoms. The van der Waals surface area contributed by atoms with E-state index < -0.39 is 5.54 Å². The van der Waals surface area contributed by atoms with Crippen LogP contribution in [0, 0.1) is 0 Å². The van der Waals surface area contributed by atoms with Gasteiger partial charge in [-0.25, -0.2) is 0 Å². The lowest BCUT2D eigenvalue weighted by molar-refractivity contribution is -0.121. The summed E-state index contributed by atoms with van der Waals surface area (Å²) in [7, 11) is 1.63. The Hall–Kier alpha value is -1.31. The molecule has 0 aliphatic heterocycles. The Labute approximate surface area is 159 Å². The number of aromatic nitrogens is 2. The van der Waals surface area contributed by atoms with Crippen LogP contribution in [0.15, 0.2) is 22.8 Å². The zero-order valence-corrected chi connectivity index (χ0v) is 16.3. The minimum absolute atomic E-state index is 0.0758. The van der Waals surface area contributed by atoms with E-state index in [1.165, 1.54) is 0 Å². The minimum Gasteiger partial charge on any atom is -0.495 e. The smallest absolute Gasteiger partial charge is 0.235 e. The highest BCUT2D eigenvalue weighted by atomic mass is 79.9. The second kappa shape index (κ2) is 7.51. The molecule has 1 fully saturated rings. The van der Waals surface area contributed by atoms with Crippen molar-refractivity contribution in [2.45, 2.75) is 37.3 Å². The zero-order valence-electron chi connectivity index (χ0n) is 14.0. The van der Waals surface area contributed by atoms with Gasteiger partial charge in [-0.1, -0.05) is 0 Å². The van der Waals surface area contributed by atoms with Gasteiger partial charge in [-0.2, -0.15) is 5.10 Å². The molecule has 8 heteroatoms. The summed E-state index contributed by atoms with van der Waals surface area (Å²) >= 11 is 9.07. The van der Waals surface area contributed by atoms with Gasteiger partial charge in [0.15, 0.2) is 0 Å². The lowest BCUT2D eigenvalue weighted by Crippen LogP contribution is -2.53. The van der Waals surface area contributed by atoms with Gasteiger partial charge < -0.3 is 15.2 Å². The van der Waals surface area contributed by atoms with Gasteiger partial charge in [0.1, 0.15) is 11.6 Å². The molecular weight excluding hydrogens is 410 g/mol. The maximum absolute atomic E-state index is 11.6. The monoisotopic (exact) mass is 429 g/mol. The van der Waals surface area contributed by atoms with Gasteiger partial charge in [0.2, 0.25) is 5.91 Å². The molecule has 1 aromatic carbocycles. The fraction of sp³-hybridized carbons (Fsp3) is 0.529. The number of hydrogen-bond acceptors (Lipinski definition) is 4. The Morgan fingerprint density at radius 2 is 2.24 bits per heavy atom. The summed E-state index contributed by atoms with van der Waals surface area (Å²) < 4.78 is 8.21. The molecular formula is C17H21BrClN3O3. The Balaban J connectivity index is 1.76.